The minimum atomic E-state index is 0.162. The predicted molar refractivity (Wildman–Crippen MR) is 75.7 cm³/mol. The second-order valence-corrected chi connectivity index (χ2v) is 6.03. The Hall–Kier alpha value is -0.470. The van der Waals surface area contributed by atoms with Gasteiger partial charge in [-0.25, -0.2) is 0 Å². The third-order valence-corrected chi connectivity index (χ3v) is 4.27. The zero-order chi connectivity index (χ0) is 12.3. The van der Waals surface area contributed by atoms with Gasteiger partial charge in [-0.15, -0.1) is 0 Å². The summed E-state index contributed by atoms with van der Waals surface area (Å²) in [6, 6.07) is 8.69. The summed E-state index contributed by atoms with van der Waals surface area (Å²) < 4.78 is 6.12. The van der Waals surface area contributed by atoms with E-state index in [0.717, 1.165) is 18.8 Å². The molecule has 1 unspecified atom stereocenters. The molecule has 0 aromatic heterocycles. The highest BCUT2D eigenvalue weighted by atomic mass is 32.1. The van der Waals surface area contributed by atoms with Crippen LogP contribution >= 0.6 is 12.6 Å². The van der Waals surface area contributed by atoms with Crippen LogP contribution in [0.15, 0.2) is 24.3 Å². The summed E-state index contributed by atoms with van der Waals surface area (Å²) in [6.45, 7) is 5.19. The van der Waals surface area contributed by atoms with E-state index < -0.39 is 0 Å². The summed E-state index contributed by atoms with van der Waals surface area (Å²) in [4.78, 5) is 0. The van der Waals surface area contributed by atoms with Crippen molar-refractivity contribution in [2.24, 2.45) is 5.41 Å². The minimum absolute atomic E-state index is 0.162. The maximum atomic E-state index is 6.12. The van der Waals surface area contributed by atoms with E-state index in [2.05, 4.69) is 50.7 Å². The van der Waals surface area contributed by atoms with Crippen LogP contribution in [0.2, 0.25) is 0 Å². The van der Waals surface area contributed by atoms with Crippen molar-refractivity contribution in [1.82, 2.24) is 0 Å². The lowest BCUT2D eigenvalue weighted by molar-refractivity contribution is 0.000210. The average Bonchev–Trinajstić information content (AvgIpc) is 2.36. The van der Waals surface area contributed by atoms with E-state index in [1.54, 1.807) is 0 Å². The van der Waals surface area contributed by atoms with Gasteiger partial charge in [0, 0.05) is 0 Å². The van der Waals surface area contributed by atoms with Crippen molar-refractivity contribution in [2.45, 2.75) is 39.2 Å². The Bertz CT molecular complexity index is 373. The van der Waals surface area contributed by atoms with Crippen molar-refractivity contribution < 1.29 is 4.74 Å². The molecule has 1 atom stereocenters. The molecule has 1 aromatic carbocycles. The first-order chi connectivity index (χ1) is 8.12. The molecular formula is C15H22OS. The number of benzene rings is 1. The SMILES string of the molecule is CC(C)(CS)COC1CCCc2ccccc21. The van der Waals surface area contributed by atoms with E-state index in [4.69, 9.17) is 4.74 Å². The quantitative estimate of drug-likeness (QED) is 0.794. The van der Waals surface area contributed by atoms with Crippen LogP contribution in [0.5, 0.6) is 0 Å². The van der Waals surface area contributed by atoms with E-state index >= 15 is 0 Å². The van der Waals surface area contributed by atoms with Gasteiger partial charge < -0.3 is 4.74 Å². The maximum absolute atomic E-state index is 6.12. The lowest BCUT2D eigenvalue weighted by Crippen LogP contribution is -2.24. The summed E-state index contributed by atoms with van der Waals surface area (Å²) in [6.07, 6.45) is 3.88. The standard InChI is InChI=1S/C15H22OS/c1-15(2,11-17)10-16-14-9-5-7-12-6-3-4-8-13(12)14/h3-4,6,8,14,17H,5,7,9-11H2,1-2H3. The Kier molecular flexibility index (Phi) is 4.16. The molecule has 0 amide bonds. The molecule has 0 fully saturated rings. The zero-order valence-corrected chi connectivity index (χ0v) is 11.7. The Morgan fingerprint density at radius 1 is 1.35 bits per heavy atom. The highest BCUT2D eigenvalue weighted by Crippen LogP contribution is 2.33. The number of fused-ring (bicyclic) bond motifs is 1. The van der Waals surface area contributed by atoms with Crippen LogP contribution in [-0.2, 0) is 11.2 Å². The molecule has 17 heavy (non-hydrogen) atoms. The van der Waals surface area contributed by atoms with E-state index in [9.17, 15) is 0 Å². The van der Waals surface area contributed by atoms with Gasteiger partial charge >= 0.3 is 0 Å². The second-order valence-electron chi connectivity index (χ2n) is 5.71. The Labute approximate surface area is 110 Å². The van der Waals surface area contributed by atoms with Crippen molar-refractivity contribution in [3.63, 3.8) is 0 Å². The number of hydrogen-bond acceptors (Lipinski definition) is 2. The molecule has 0 saturated heterocycles. The number of aryl methyl sites for hydroxylation is 1. The first-order valence-corrected chi connectivity index (χ1v) is 7.06. The van der Waals surface area contributed by atoms with Crippen LogP contribution in [0.1, 0.15) is 43.9 Å². The maximum Gasteiger partial charge on any atom is 0.0828 e. The summed E-state index contributed by atoms with van der Waals surface area (Å²) in [5, 5.41) is 0. The molecule has 0 radical (unpaired) electrons. The molecule has 0 N–H and O–H groups in total. The van der Waals surface area contributed by atoms with Crippen molar-refractivity contribution >= 4 is 12.6 Å². The van der Waals surface area contributed by atoms with Gasteiger partial charge in [0.15, 0.2) is 0 Å². The van der Waals surface area contributed by atoms with Gasteiger partial charge in [0.05, 0.1) is 12.7 Å². The van der Waals surface area contributed by atoms with Gasteiger partial charge in [-0.1, -0.05) is 38.1 Å². The lowest BCUT2D eigenvalue weighted by atomic mass is 9.89. The lowest BCUT2D eigenvalue weighted by Gasteiger charge is -2.30. The summed E-state index contributed by atoms with van der Waals surface area (Å²) >= 11 is 4.37. The molecule has 0 spiro atoms. The molecule has 2 rings (SSSR count). The third kappa shape index (κ3) is 3.26. The van der Waals surface area contributed by atoms with Crippen molar-refractivity contribution in [3.05, 3.63) is 35.4 Å². The van der Waals surface area contributed by atoms with Crippen molar-refractivity contribution in [2.75, 3.05) is 12.4 Å². The van der Waals surface area contributed by atoms with Crippen LogP contribution in [-0.4, -0.2) is 12.4 Å². The summed E-state index contributed by atoms with van der Waals surface area (Å²) in [5.74, 6) is 0.862. The fourth-order valence-electron chi connectivity index (χ4n) is 2.25. The molecule has 0 heterocycles. The Morgan fingerprint density at radius 2 is 2.12 bits per heavy atom. The number of rotatable bonds is 4. The van der Waals surface area contributed by atoms with Crippen LogP contribution < -0.4 is 0 Å². The first kappa shape index (κ1) is 13.0. The van der Waals surface area contributed by atoms with Crippen LogP contribution in [0.4, 0.5) is 0 Å². The molecular weight excluding hydrogens is 228 g/mol. The number of ether oxygens (including phenoxy) is 1. The average molecular weight is 250 g/mol. The smallest absolute Gasteiger partial charge is 0.0828 e. The van der Waals surface area contributed by atoms with Gasteiger partial charge in [-0.2, -0.15) is 12.6 Å². The second kappa shape index (κ2) is 5.45. The van der Waals surface area contributed by atoms with Gasteiger partial charge in [-0.05, 0) is 41.6 Å². The van der Waals surface area contributed by atoms with Crippen LogP contribution in [0.3, 0.4) is 0 Å². The largest absolute Gasteiger partial charge is 0.373 e. The fourth-order valence-corrected chi connectivity index (χ4v) is 2.35. The molecule has 1 aliphatic rings. The minimum Gasteiger partial charge on any atom is -0.373 e. The molecule has 2 heteroatoms. The van der Waals surface area contributed by atoms with E-state index in [1.807, 2.05) is 0 Å². The van der Waals surface area contributed by atoms with Gasteiger partial charge in [0.25, 0.3) is 0 Å². The van der Waals surface area contributed by atoms with E-state index in [-0.39, 0.29) is 5.41 Å². The van der Waals surface area contributed by atoms with Gasteiger partial charge in [0.1, 0.15) is 0 Å². The Morgan fingerprint density at radius 3 is 2.88 bits per heavy atom. The number of thiol groups is 1. The highest BCUT2D eigenvalue weighted by molar-refractivity contribution is 7.80. The van der Waals surface area contributed by atoms with E-state index in [0.29, 0.717) is 6.10 Å². The zero-order valence-electron chi connectivity index (χ0n) is 10.8. The van der Waals surface area contributed by atoms with Crippen LogP contribution in [0.25, 0.3) is 0 Å². The van der Waals surface area contributed by atoms with Crippen molar-refractivity contribution in [1.29, 1.82) is 0 Å². The van der Waals surface area contributed by atoms with Crippen LogP contribution in [0, 0.1) is 5.41 Å². The fraction of sp³-hybridized carbons (Fsp3) is 0.600. The normalized spacial score (nSPS) is 20.1. The number of hydrogen-bond donors (Lipinski definition) is 1. The molecule has 1 aromatic rings. The molecule has 94 valence electrons. The monoisotopic (exact) mass is 250 g/mol. The first-order valence-electron chi connectivity index (χ1n) is 6.43. The van der Waals surface area contributed by atoms with Crippen molar-refractivity contribution in [3.8, 4) is 0 Å². The molecule has 0 aliphatic heterocycles. The molecule has 0 bridgehead atoms. The molecule has 1 nitrogen and oxygen atoms in total. The molecule has 1 aliphatic carbocycles. The Balaban J connectivity index is 2.04. The molecule has 0 saturated carbocycles. The van der Waals surface area contributed by atoms with Gasteiger partial charge in [0.2, 0.25) is 0 Å². The predicted octanol–water partition coefficient (Wildman–Crippen LogP) is 4.04. The summed E-state index contributed by atoms with van der Waals surface area (Å²) in [7, 11) is 0. The van der Waals surface area contributed by atoms with Gasteiger partial charge in [-0.3, -0.25) is 0 Å². The topological polar surface area (TPSA) is 9.23 Å². The third-order valence-electron chi connectivity index (χ3n) is 3.42. The highest BCUT2D eigenvalue weighted by Gasteiger charge is 2.23. The summed E-state index contributed by atoms with van der Waals surface area (Å²) in [5.41, 5.74) is 3.02. The van der Waals surface area contributed by atoms with E-state index in [1.165, 1.54) is 24.0 Å².